The van der Waals surface area contributed by atoms with Gasteiger partial charge in [0.25, 0.3) is 0 Å². The van der Waals surface area contributed by atoms with Crippen LogP contribution in [0.25, 0.3) is 0 Å². The second kappa shape index (κ2) is 3.38. The predicted molar refractivity (Wildman–Crippen MR) is 48.1 cm³/mol. The summed E-state index contributed by atoms with van der Waals surface area (Å²) in [5.74, 6) is 0. The average molecular weight is 145 g/mol. The highest BCUT2D eigenvalue weighted by atomic mass is 16.1. The lowest BCUT2D eigenvalue weighted by atomic mass is 9.70. The van der Waals surface area contributed by atoms with Crippen LogP contribution in [-0.4, -0.2) is 13.5 Å². The largest absolute Gasteiger partial charge is 0.315 e. The van der Waals surface area contributed by atoms with Crippen LogP contribution in [0.3, 0.4) is 0 Å². The molecule has 0 fully saturated rings. The number of aryl methyl sites for hydroxylation is 1. The topological polar surface area (TPSA) is 17.1 Å². The zero-order chi connectivity index (χ0) is 8.27. The van der Waals surface area contributed by atoms with Crippen LogP contribution in [0, 0.1) is 13.8 Å². The zero-order valence-corrected chi connectivity index (χ0v) is 6.79. The summed E-state index contributed by atoms with van der Waals surface area (Å²) in [6, 6.07) is 5.94. The van der Waals surface area contributed by atoms with Gasteiger partial charge in [0.2, 0.25) is 7.28 Å². The maximum absolute atomic E-state index is 10.2. The Bertz CT molecular complexity index is 268. The third-order valence-electron chi connectivity index (χ3n) is 1.89. The number of benzene rings is 1. The highest BCUT2D eigenvalue weighted by Gasteiger charge is 1.99. The maximum atomic E-state index is 10.2. The van der Waals surface area contributed by atoms with Crippen molar-refractivity contribution in [3.63, 3.8) is 0 Å². The molecular weight excluding hydrogens is 135 g/mol. The highest BCUT2D eigenvalue weighted by molar-refractivity contribution is 6.78. The molecular formula is C9H10BO. The van der Waals surface area contributed by atoms with Crippen molar-refractivity contribution in [3.8, 4) is 0 Å². The monoisotopic (exact) mass is 145 g/mol. The molecule has 0 saturated heterocycles. The Morgan fingerprint density at radius 3 is 2.73 bits per heavy atom. The Balaban J connectivity index is 3.05. The number of carbonyl (C=O) groups is 1. The SMILES string of the molecule is Cc1cccc([B]C=O)c1C. The van der Waals surface area contributed by atoms with E-state index >= 15 is 0 Å². The molecule has 1 aromatic rings. The molecule has 0 aromatic heterocycles. The molecule has 0 spiro atoms. The molecule has 0 saturated carbocycles. The van der Waals surface area contributed by atoms with Crippen molar-refractivity contribution in [1.82, 2.24) is 0 Å². The molecule has 0 amide bonds. The summed E-state index contributed by atoms with van der Waals surface area (Å²) < 4.78 is 0. The third kappa shape index (κ3) is 1.70. The molecule has 0 aliphatic rings. The van der Waals surface area contributed by atoms with E-state index in [1.54, 1.807) is 7.28 Å². The Hall–Kier alpha value is -1.05. The van der Waals surface area contributed by atoms with Crippen LogP contribution in [-0.2, 0) is 4.79 Å². The fourth-order valence-electron chi connectivity index (χ4n) is 1.03. The Labute approximate surface area is 67.7 Å². The van der Waals surface area contributed by atoms with Gasteiger partial charge >= 0.3 is 0 Å². The molecule has 11 heavy (non-hydrogen) atoms. The number of rotatable bonds is 2. The first-order valence-electron chi connectivity index (χ1n) is 3.60. The molecule has 0 atom stereocenters. The molecule has 1 radical (unpaired) electrons. The Kier molecular flexibility index (Phi) is 2.47. The van der Waals surface area contributed by atoms with Gasteiger partial charge in [-0.2, -0.15) is 0 Å². The molecule has 55 valence electrons. The van der Waals surface area contributed by atoms with E-state index in [4.69, 9.17) is 0 Å². The van der Waals surface area contributed by atoms with Crippen molar-refractivity contribution >= 4 is 18.9 Å². The number of hydrogen-bond acceptors (Lipinski definition) is 1. The highest BCUT2D eigenvalue weighted by Crippen LogP contribution is 2.00. The lowest BCUT2D eigenvalue weighted by molar-refractivity contribution is 0.568. The van der Waals surface area contributed by atoms with E-state index in [-0.39, 0.29) is 0 Å². The van der Waals surface area contributed by atoms with Crippen molar-refractivity contribution in [2.24, 2.45) is 0 Å². The summed E-state index contributed by atoms with van der Waals surface area (Å²) in [5, 5.41) is 0. The van der Waals surface area contributed by atoms with Crippen molar-refractivity contribution in [2.75, 3.05) is 0 Å². The van der Waals surface area contributed by atoms with E-state index in [2.05, 4.69) is 0 Å². The van der Waals surface area contributed by atoms with Crippen molar-refractivity contribution in [2.45, 2.75) is 13.8 Å². The van der Waals surface area contributed by atoms with Crippen LogP contribution in [0.4, 0.5) is 0 Å². The minimum atomic E-state index is 0.821. The molecule has 1 aromatic carbocycles. The summed E-state index contributed by atoms with van der Waals surface area (Å²) in [6.07, 6.45) is 0.821. The van der Waals surface area contributed by atoms with Crippen molar-refractivity contribution < 1.29 is 4.79 Å². The van der Waals surface area contributed by atoms with Crippen LogP contribution in [0.2, 0.25) is 0 Å². The first-order chi connectivity index (χ1) is 5.25. The second-order valence-electron chi connectivity index (χ2n) is 2.59. The van der Waals surface area contributed by atoms with Crippen LogP contribution >= 0.6 is 0 Å². The standard InChI is InChI=1S/C9H10BO/c1-7-4-3-5-9(8(7)2)10-6-11/h3-6H,1-2H3. The van der Waals surface area contributed by atoms with E-state index in [1.165, 1.54) is 11.1 Å². The molecule has 2 heteroatoms. The van der Waals surface area contributed by atoms with Crippen LogP contribution < -0.4 is 5.46 Å². The van der Waals surface area contributed by atoms with Gasteiger partial charge < -0.3 is 4.79 Å². The third-order valence-corrected chi connectivity index (χ3v) is 1.89. The Morgan fingerprint density at radius 2 is 2.09 bits per heavy atom. The Morgan fingerprint density at radius 1 is 1.36 bits per heavy atom. The smallest absolute Gasteiger partial charge is 0.236 e. The van der Waals surface area contributed by atoms with Gasteiger partial charge in [0, 0.05) is 0 Å². The van der Waals surface area contributed by atoms with Gasteiger partial charge in [-0.25, -0.2) is 0 Å². The number of carbonyl (C=O) groups excluding carboxylic acids is 1. The van der Waals surface area contributed by atoms with E-state index in [9.17, 15) is 4.79 Å². The maximum Gasteiger partial charge on any atom is 0.236 e. The molecule has 0 aliphatic heterocycles. The molecule has 0 N–H and O–H groups in total. The van der Waals surface area contributed by atoms with Gasteiger partial charge in [0.05, 0.1) is 6.19 Å². The van der Waals surface area contributed by atoms with Crippen LogP contribution in [0.5, 0.6) is 0 Å². The second-order valence-corrected chi connectivity index (χ2v) is 2.59. The number of hydrogen-bond donors (Lipinski definition) is 0. The molecule has 1 nitrogen and oxygen atoms in total. The minimum Gasteiger partial charge on any atom is -0.315 e. The summed E-state index contributed by atoms with van der Waals surface area (Å²) in [5.41, 5.74) is 3.42. The lowest BCUT2D eigenvalue weighted by Crippen LogP contribution is -2.19. The first-order valence-corrected chi connectivity index (χ1v) is 3.60. The molecule has 0 aliphatic carbocycles. The molecule has 0 unspecified atom stereocenters. The van der Waals surface area contributed by atoms with Gasteiger partial charge in [0.15, 0.2) is 0 Å². The predicted octanol–water partition coefficient (Wildman–Crippen LogP) is 0.823. The summed E-state index contributed by atoms with van der Waals surface area (Å²) in [7, 11) is 1.59. The van der Waals surface area contributed by atoms with Gasteiger partial charge in [-0.05, 0) is 19.4 Å². The van der Waals surface area contributed by atoms with E-state index in [0.717, 1.165) is 11.6 Å². The summed E-state index contributed by atoms with van der Waals surface area (Å²) >= 11 is 0. The summed E-state index contributed by atoms with van der Waals surface area (Å²) in [6.45, 7) is 4.06. The quantitative estimate of drug-likeness (QED) is 0.444. The fourth-order valence-corrected chi connectivity index (χ4v) is 1.03. The lowest BCUT2D eigenvalue weighted by Gasteiger charge is -2.03. The normalized spacial score (nSPS) is 9.27. The van der Waals surface area contributed by atoms with Gasteiger partial charge in [-0.3, -0.25) is 0 Å². The van der Waals surface area contributed by atoms with Crippen LogP contribution in [0.15, 0.2) is 18.2 Å². The fraction of sp³-hybridized carbons (Fsp3) is 0.222. The van der Waals surface area contributed by atoms with Crippen molar-refractivity contribution in [1.29, 1.82) is 0 Å². The van der Waals surface area contributed by atoms with Crippen LogP contribution in [0.1, 0.15) is 11.1 Å². The van der Waals surface area contributed by atoms with Gasteiger partial charge in [-0.1, -0.05) is 29.2 Å². The molecule has 0 bridgehead atoms. The molecule has 1 rings (SSSR count). The zero-order valence-electron chi connectivity index (χ0n) is 6.79. The van der Waals surface area contributed by atoms with Crippen molar-refractivity contribution in [3.05, 3.63) is 29.3 Å². The van der Waals surface area contributed by atoms with E-state index < -0.39 is 0 Å². The summed E-state index contributed by atoms with van der Waals surface area (Å²) in [4.78, 5) is 10.2. The minimum absolute atomic E-state index is 0.821. The molecule has 0 heterocycles. The van der Waals surface area contributed by atoms with E-state index in [1.807, 2.05) is 32.0 Å². The van der Waals surface area contributed by atoms with Gasteiger partial charge in [-0.15, -0.1) is 0 Å². The average Bonchev–Trinajstić information content (AvgIpc) is 1.99. The first kappa shape index (κ1) is 8.06. The van der Waals surface area contributed by atoms with Gasteiger partial charge in [0.1, 0.15) is 0 Å². The van der Waals surface area contributed by atoms with E-state index in [0.29, 0.717) is 0 Å².